The number of rotatable bonds is 7. The summed E-state index contributed by atoms with van der Waals surface area (Å²) in [7, 11) is 0. The first-order valence-electron chi connectivity index (χ1n) is 9.18. The van der Waals surface area contributed by atoms with E-state index in [9.17, 15) is 0 Å². The van der Waals surface area contributed by atoms with Crippen LogP contribution in [-0.4, -0.2) is 16.8 Å². The zero-order chi connectivity index (χ0) is 18.4. The van der Waals surface area contributed by atoms with E-state index in [2.05, 4.69) is 83.0 Å². The maximum atomic E-state index is 6.71. The normalized spacial score (nSPS) is 11.4. The van der Waals surface area contributed by atoms with Crippen molar-refractivity contribution in [3.05, 3.63) is 126 Å². The standard InChI is InChI=1S/C24H22N2O/c1-4-10-20(11-5-1)24(21-12-6-2-7-13-21,22-14-8-3-9-15-22)27-19-17-23-16-18-25-26-23/h1-16,18H,17,19H2,(H,25,26). The number of hydrogen-bond acceptors (Lipinski definition) is 2. The zero-order valence-electron chi connectivity index (χ0n) is 15.1. The first-order valence-corrected chi connectivity index (χ1v) is 9.18. The van der Waals surface area contributed by atoms with Gasteiger partial charge in [-0.3, -0.25) is 5.10 Å². The summed E-state index contributed by atoms with van der Waals surface area (Å²) in [6, 6.07) is 33.3. The maximum absolute atomic E-state index is 6.71. The van der Waals surface area contributed by atoms with Crippen molar-refractivity contribution < 1.29 is 4.74 Å². The lowest BCUT2D eigenvalue weighted by Crippen LogP contribution is -2.33. The molecule has 0 radical (unpaired) electrons. The molecule has 0 spiro atoms. The Morgan fingerprint density at radius 1 is 0.667 bits per heavy atom. The largest absolute Gasteiger partial charge is 0.360 e. The highest BCUT2D eigenvalue weighted by atomic mass is 16.5. The molecule has 0 unspecified atom stereocenters. The lowest BCUT2D eigenvalue weighted by Gasteiger charge is -2.36. The SMILES string of the molecule is c1ccc(C(OCCc2ccn[nH]2)(c2ccccc2)c2ccccc2)cc1. The second-order valence-corrected chi connectivity index (χ2v) is 6.46. The number of benzene rings is 3. The molecule has 0 aliphatic heterocycles. The summed E-state index contributed by atoms with van der Waals surface area (Å²) in [5, 5.41) is 7.04. The molecule has 1 heterocycles. The molecule has 0 saturated heterocycles. The van der Waals surface area contributed by atoms with Gasteiger partial charge in [-0.1, -0.05) is 91.0 Å². The Bertz CT molecular complexity index is 839. The average Bonchev–Trinajstić information content (AvgIpc) is 3.27. The number of hydrogen-bond donors (Lipinski definition) is 1. The smallest absolute Gasteiger partial charge is 0.143 e. The third kappa shape index (κ3) is 3.55. The second-order valence-electron chi connectivity index (χ2n) is 6.46. The van der Waals surface area contributed by atoms with Gasteiger partial charge in [0.05, 0.1) is 6.61 Å². The number of ether oxygens (including phenoxy) is 1. The fourth-order valence-corrected chi connectivity index (χ4v) is 3.51. The Labute approximate surface area is 159 Å². The molecule has 27 heavy (non-hydrogen) atoms. The van der Waals surface area contributed by atoms with Gasteiger partial charge in [-0.15, -0.1) is 0 Å². The quantitative estimate of drug-likeness (QED) is 0.476. The zero-order valence-corrected chi connectivity index (χ0v) is 15.1. The summed E-state index contributed by atoms with van der Waals surface area (Å²) in [5.74, 6) is 0. The Morgan fingerprint density at radius 2 is 1.15 bits per heavy atom. The molecule has 0 amide bonds. The highest BCUT2D eigenvalue weighted by Crippen LogP contribution is 2.40. The van der Waals surface area contributed by atoms with Crippen molar-refractivity contribution in [2.24, 2.45) is 0 Å². The van der Waals surface area contributed by atoms with Crippen molar-refractivity contribution in [1.29, 1.82) is 0 Å². The van der Waals surface area contributed by atoms with E-state index in [0.717, 1.165) is 28.8 Å². The molecule has 1 aromatic heterocycles. The van der Waals surface area contributed by atoms with E-state index >= 15 is 0 Å². The van der Waals surface area contributed by atoms with Crippen molar-refractivity contribution in [3.63, 3.8) is 0 Å². The lowest BCUT2D eigenvalue weighted by molar-refractivity contribution is 0.0144. The van der Waals surface area contributed by atoms with Gasteiger partial charge >= 0.3 is 0 Å². The highest BCUT2D eigenvalue weighted by Gasteiger charge is 2.37. The van der Waals surface area contributed by atoms with Crippen LogP contribution in [0.4, 0.5) is 0 Å². The third-order valence-electron chi connectivity index (χ3n) is 4.79. The van der Waals surface area contributed by atoms with Crippen LogP contribution in [0.3, 0.4) is 0 Å². The van der Waals surface area contributed by atoms with Crippen LogP contribution in [0, 0.1) is 0 Å². The van der Waals surface area contributed by atoms with Crippen molar-refractivity contribution in [2.45, 2.75) is 12.0 Å². The van der Waals surface area contributed by atoms with Crippen LogP contribution < -0.4 is 0 Å². The van der Waals surface area contributed by atoms with Gasteiger partial charge < -0.3 is 4.74 Å². The molecular formula is C24H22N2O. The molecule has 0 atom stereocenters. The van der Waals surface area contributed by atoms with Gasteiger partial charge in [0, 0.05) is 18.3 Å². The molecule has 1 N–H and O–H groups in total. The molecule has 4 rings (SSSR count). The maximum Gasteiger partial charge on any atom is 0.143 e. The predicted molar refractivity (Wildman–Crippen MR) is 107 cm³/mol. The minimum atomic E-state index is -0.663. The molecule has 0 bridgehead atoms. The van der Waals surface area contributed by atoms with Crippen LogP contribution in [0.5, 0.6) is 0 Å². The summed E-state index contributed by atoms with van der Waals surface area (Å²) in [4.78, 5) is 0. The van der Waals surface area contributed by atoms with Crippen LogP contribution in [0.2, 0.25) is 0 Å². The Balaban J connectivity index is 1.81. The molecule has 0 fully saturated rings. The van der Waals surface area contributed by atoms with E-state index in [1.165, 1.54) is 0 Å². The minimum Gasteiger partial charge on any atom is -0.360 e. The molecule has 3 heteroatoms. The molecule has 134 valence electrons. The van der Waals surface area contributed by atoms with Crippen molar-refractivity contribution in [1.82, 2.24) is 10.2 Å². The van der Waals surface area contributed by atoms with E-state index in [-0.39, 0.29) is 0 Å². The van der Waals surface area contributed by atoms with Gasteiger partial charge in [0.15, 0.2) is 0 Å². The molecule has 0 aliphatic carbocycles. The van der Waals surface area contributed by atoms with Gasteiger partial charge in [-0.05, 0) is 22.8 Å². The number of H-pyrrole nitrogens is 1. The van der Waals surface area contributed by atoms with Gasteiger partial charge in [-0.25, -0.2) is 0 Å². The van der Waals surface area contributed by atoms with Crippen LogP contribution in [-0.2, 0) is 16.8 Å². The van der Waals surface area contributed by atoms with Gasteiger partial charge in [0.2, 0.25) is 0 Å². The number of aromatic nitrogens is 2. The monoisotopic (exact) mass is 354 g/mol. The predicted octanol–water partition coefficient (Wildman–Crippen LogP) is 4.96. The summed E-state index contributed by atoms with van der Waals surface area (Å²) in [5.41, 5.74) is 3.76. The summed E-state index contributed by atoms with van der Waals surface area (Å²) in [6.07, 6.45) is 2.54. The average molecular weight is 354 g/mol. The second kappa shape index (κ2) is 8.02. The fourth-order valence-electron chi connectivity index (χ4n) is 3.51. The van der Waals surface area contributed by atoms with Crippen LogP contribution in [0.15, 0.2) is 103 Å². The Morgan fingerprint density at radius 3 is 1.56 bits per heavy atom. The molecule has 0 aliphatic rings. The first-order chi connectivity index (χ1) is 13.4. The summed E-state index contributed by atoms with van der Waals surface area (Å²) >= 11 is 0. The molecule has 4 aromatic rings. The first kappa shape index (κ1) is 17.3. The third-order valence-corrected chi connectivity index (χ3v) is 4.79. The van der Waals surface area contributed by atoms with Gasteiger partial charge in [0.25, 0.3) is 0 Å². The molecule has 3 nitrogen and oxygen atoms in total. The van der Waals surface area contributed by atoms with E-state index in [0.29, 0.717) is 6.61 Å². The number of nitrogens with zero attached hydrogens (tertiary/aromatic N) is 1. The molecular weight excluding hydrogens is 332 g/mol. The Kier molecular flexibility index (Phi) is 5.13. The number of nitrogens with one attached hydrogen (secondary N) is 1. The molecule has 3 aromatic carbocycles. The highest BCUT2D eigenvalue weighted by molar-refractivity contribution is 5.47. The minimum absolute atomic E-state index is 0.570. The van der Waals surface area contributed by atoms with E-state index in [4.69, 9.17) is 4.74 Å². The van der Waals surface area contributed by atoms with E-state index in [1.807, 2.05) is 24.3 Å². The number of aromatic amines is 1. The van der Waals surface area contributed by atoms with Gasteiger partial charge in [-0.2, -0.15) is 5.10 Å². The van der Waals surface area contributed by atoms with Gasteiger partial charge in [0.1, 0.15) is 5.60 Å². The van der Waals surface area contributed by atoms with E-state index < -0.39 is 5.60 Å². The lowest BCUT2D eigenvalue weighted by atomic mass is 9.80. The van der Waals surface area contributed by atoms with Crippen LogP contribution in [0.25, 0.3) is 0 Å². The topological polar surface area (TPSA) is 37.9 Å². The van der Waals surface area contributed by atoms with Crippen molar-refractivity contribution >= 4 is 0 Å². The Hall–Kier alpha value is -3.17. The summed E-state index contributed by atoms with van der Waals surface area (Å²) in [6.45, 7) is 0.570. The summed E-state index contributed by atoms with van der Waals surface area (Å²) < 4.78 is 6.71. The van der Waals surface area contributed by atoms with Crippen molar-refractivity contribution in [3.8, 4) is 0 Å². The van der Waals surface area contributed by atoms with E-state index in [1.54, 1.807) is 6.20 Å². The fraction of sp³-hybridized carbons (Fsp3) is 0.125. The molecule has 0 saturated carbocycles. The van der Waals surface area contributed by atoms with Crippen LogP contribution >= 0.6 is 0 Å². The van der Waals surface area contributed by atoms with Crippen molar-refractivity contribution in [2.75, 3.05) is 6.61 Å². The van der Waals surface area contributed by atoms with Crippen LogP contribution in [0.1, 0.15) is 22.4 Å².